The summed E-state index contributed by atoms with van der Waals surface area (Å²) in [6.07, 6.45) is 1.20. The number of halogens is 2. The van der Waals surface area contributed by atoms with E-state index in [4.69, 9.17) is 5.11 Å². The summed E-state index contributed by atoms with van der Waals surface area (Å²) in [4.78, 5) is 22.3. The number of hydrogen-bond donors (Lipinski definition) is 2. The predicted molar refractivity (Wildman–Crippen MR) is 77.5 cm³/mol. The molecule has 1 unspecified atom stereocenters. The maximum atomic E-state index is 12.9. The van der Waals surface area contributed by atoms with Crippen molar-refractivity contribution in [2.45, 2.75) is 32.2 Å². The lowest BCUT2D eigenvalue weighted by atomic mass is 10.1. The Balaban J connectivity index is 2.52. The van der Waals surface area contributed by atoms with E-state index in [1.54, 1.807) is 0 Å². The van der Waals surface area contributed by atoms with Gasteiger partial charge in [0.1, 0.15) is 5.82 Å². The van der Waals surface area contributed by atoms with Crippen LogP contribution in [-0.2, 0) is 4.79 Å². The van der Waals surface area contributed by atoms with Gasteiger partial charge in [0.15, 0.2) is 0 Å². The minimum absolute atomic E-state index is 0.0916. The first-order valence-electron chi connectivity index (χ1n) is 5.88. The number of benzene rings is 1. The van der Waals surface area contributed by atoms with E-state index < -0.39 is 5.97 Å². The number of carboxylic acids is 1. The molecule has 2 N–H and O–H groups in total. The molecule has 0 aliphatic rings. The van der Waals surface area contributed by atoms with E-state index in [0.29, 0.717) is 22.0 Å². The molecule has 0 radical (unpaired) electrons. The Labute approximate surface area is 124 Å². The van der Waals surface area contributed by atoms with Crippen molar-refractivity contribution in [2.75, 3.05) is 0 Å². The van der Waals surface area contributed by atoms with Crippen molar-refractivity contribution in [3.8, 4) is 0 Å². The smallest absolute Gasteiger partial charge is 0.303 e. The van der Waals surface area contributed by atoms with Crippen LogP contribution in [0.25, 0.3) is 0 Å². The standard InChI is InChI=1S/C13H15FINO3/c1-8(3-2-4-12(17)18)16-13(19)10-6-5-9(14)7-11(10)15/h5-8H,2-4H2,1H3,(H,16,19)(H,17,18). The number of rotatable bonds is 6. The first-order chi connectivity index (χ1) is 8.90. The Morgan fingerprint density at radius 1 is 1.47 bits per heavy atom. The molecule has 19 heavy (non-hydrogen) atoms. The molecule has 0 aromatic heterocycles. The molecule has 0 aliphatic heterocycles. The topological polar surface area (TPSA) is 66.4 Å². The molecule has 4 nitrogen and oxygen atoms in total. The Morgan fingerprint density at radius 2 is 2.16 bits per heavy atom. The minimum atomic E-state index is -0.841. The third-order valence-electron chi connectivity index (χ3n) is 2.58. The van der Waals surface area contributed by atoms with E-state index in [1.165, 1.54) is 18.2 Å². The summed E-state index contributed by atoms with van der Waals surface area (Å²) in [6, 6.07) is 3.86. The maximum absolute atomic E-state index is 12.9. The number of amides is 1. The van der Waals surface area contributed by atoms with Crippen molar-refractivity contribution >= 4 is 34.5 Å². The average Bonchev–Trinajstić information content (AvgIpc) is 2.27. The number of carbonyl (C=O) groups excluding carboxylic acids is 1. The summed E-state index contributed by atoms with van der Waals surface area (Å²) in [6.45, 7) is 1.82. The number of carboxylic acid groups (broad SMARTS) is 1. The van der Waals surface area contributed by atoms with Crippen LogP contribution in [-0.4, -0.2) is 23.0 Å². The quantitative estimate of drug-likeness (QED) is 0.748. The van der Waals surface area contributed by atoms with Crippen molar-refractivity contribution in [1.82, 2.24) is 5.32 Å². The third kappa shape index (κ3) is 5.54. The molecule has 1 amide bonds. The molecule has 1 rings (SSSR count). The van der Waals surface area contributed by atoms with Gasteiger partial charge in [0.25, 0.3) is 5.91 Å². The molecule has 0 saturated carbocycles. The number of nitrogens with one attached hydrogen (secondary N) is 1. The van der Waals surface area contributed by atoms with Gasteiger partial charge in [-0.3, -0.25) is 9.59 Å². The lowest BCUT2D eigenvalue weighted by Gasteiger charge is -2.14. The number of aliphatic carboxylic acids is 1. The molecular formula is C13H15FINO3. The van der Waals surface area contributed by atoms with E-state index in [0.717, 1.165) is 0 Å². The van der Waals surface area contributed by atoms with Crippen molar-refractivity contribution in [1.29, 1.82) is 0 Å². The van der Waals surface area contributed by atoms with Crippen LogP contribution in [0.4, 0.5) is 4.39 Å². The Kier molecular flexibility index (Phi) is 6.20. The maximum Gasteiger partial charge on any atom is 0.303 e. The molecule has 0 heterocycles. The fourth-order valence-electron chi connectivity index (χ4n) is 1.61. The van der Waals surface area contributed by atoms with E-state index in [9.17, 15) is 14.0 Å². The zero-order valence-corrected chi connectivity index (χ0v) is 12.6. The van der Waals surface area contributed by atoms with Gasteiger partial charge in [-0.1, -0.05) is 0 Å². The van der Waals surface area contributed by atoms with Gasteiger partial charge in [-0.05, 0) is 60.6 Å². The van der Waals surface area contributed by atoms with Gasteiger partial charge in [0, 0.05) is 16.0 Å². The van der Waals surface area contributed by atoms with Crippen LogP contribution in [0.1, 0.15) is 36.5 Å². The van der Waals surface area contributed by atoms with Gasteiger partial charge in [0.05, 0.1) is 5.56 Å². The van der Waals surface area contributed by atoms with Gasteiger partial charge in [0.2, 0.25) is 0 Å². The molecule has 0 saturated heterocycles. The Bertz CT molecular complexity index is 479. The third-order valence-corrected chi connectivity index (χ3v) is 3.47. The summed E-state index contributed by atoms with van der Waals surface area (Å²) in [5, 5.41) is 11.3. The van der Waals surface area contributed by atoms with Crippen molar-refractivity contribution in [2.24, 2.45) is 0 Å². The van der Waals surface area contributed by atoms with Crippen LogP contribution in [0, 0.1) is 9.39 Å². The van der Waals surface area contributed by atoms with Crippen LogP contribution in [0.5, 0.6) is 0 Å². The van der Waals surface area contributed by atoms with E-state index >= 15 is 0 Å². The molecule has 1 atom stereocenters. The predicted octanol–water partition coefficient (Wildman–Crippen LogP) is 2.80. The van der Waals surface area contributed by atoms with Crippen molar-refractivity contribution in [3.05, 3.63) is 33.1 Å². The first kappa shape index (κ1) is 15.9. The normalized spacial score (nSPS) is 11.9. The molecule has 0 fully saturated rings. The largest absolute Gasteiger partial charge is 0.481 e. The van der Waals surface area contributed by atoms with Gasteiger partial charge in [-0.2, -0.15) is 0 Å². The van der Waals surface area contributed by atoms with Gasteiger partial charge in [-0.25, -0.2) is 4.39 Å². The highest BCUT2D eigenvalue weighted by Crippen LogP contribution is 2.14. The Morgan fingerprint density at radius 3 is 2.74 bits per heavy atom. The molecule has 1 aromatic rings. The van der Waals surface area contributed by atoms with E-state index in [-0.39, 0.29) is 24.2 Å². The second-order valence-electron chi connectivity index (χ2n) is 4.28. The van der Waals surface area contributed by atoms with Gasteiger partial charge >= 0.3 is 5.97 Å². The second-order valence-corrected chi connectivity index (χ2v) is 5.45. The van der Waals surface area contributed by atoms with Crippen molar-refractivity contribution < 1.29 is 19.1 Å². The lowest BCUT2D eigenvalue weighted by Crippen LogP contribution is -2.33. The molecule has 0 aliphatic carbocycles. The van der Waals surface area contributed by atoms with Crippen molar-refractivity contribution in [3.63, 3.8) is 0 Å². The number of carbonyl (C=O) groups is 2. The van der Waals surface area contributed by atoms with Gasteiger partial charge in [-0.15, -0.1) is 0 Å². The minimum Gasteiger partial charge on any atom is -0.481 e. The summed E-state index contributed by atoms with van der Waals surface area (Å²) < 4.78 is 13.5. The molecule has 1 aromatic carbocycles. The monoisotopic (exact) mass is 379 g/mol. The van der Waals surface area contributed by atoms with Crippen LogP contribution < -0.4 is 5.32 Å². The molecule has 6 heteroatoms. The number of hydrogen-bond acceptors (Lipinski definition) is 2. The zero-order chi connectivity index (χ0) is 14.4. The van der Waals surface area contributed by atoms with Crippen LogP contribution in [0.2, 0.25) is 0 Å². The fraction of sp³-hybridized carbons (Fsp3) is 0.385. The summed E-state index contributed by atoms with van der Waals surface area (Å²) in [5.41, 5.74) is 0.423. The average molecular weight is 379 g/mol. The summed E-state index contributed by atoms with van der Waals surface area (Å²) in [5.74, 6) is -1.49. The van der Waals surface area contributed by atoms with Crippen LogP contribution in [0.15, 0.2) is 18.2 Å². The van der Waals surface area contributed by atoms with E-state index in [1.807, 2.05) is 29.5 Å². The summed E-state index contributed by atoms with van der Waals surface area (Å²) in [7, 11) is 0. The fourth-order valence-corrected chi connectivity index (χ4v) is 2.33. The molecule has 0 bridgehead atoms. The van der Waals surface area contributed by atoms with Gasteiger partial charge < -0.3 is 10.4 Å². The van der Waals surface area contributed by atoms with Crippen LogP contribution in [0.3, 0.4) is 0 Å². The zero-order valence-electron chi connectivity index (χ0n) is 10.5. The molecule has 0 spiro atoms. The lowest BCUT2D eigenvalue weighted by molar-refractivity contribution is -0.137. The highest BCUT2D eigenvalue weighted by Gasteiger charge is 2.13. The Hall–Kier alpha value is -1.18. The SMILES string of the molecule is CC(CCCC(=O)O)NC(=O)c1ccc(F)cc1I. The molecule has 104 valence electrons. The highest BCUT2D eigenvalue weighted by molar-refractivity contribution is 14.1. The summed E-state index contributed by atoms with van der Waals surface area (Å²) >= 11 is 1.91. The second kappa shape index (κ2) is 7.42. The first-order valence-corrected chi connectivity index (χ1v) is 6.95. The van der Waals surface area contributed by atoms with E-state index in [2.05, 4.69) is 5.32 Å². The highest BCUT2D eigenvalue weighted by atomic mass is 127. The van der Waals surface area contributed by atoms with Crippen LogP contribution >= 0.6 is 22.6 Å². The molecular weight excluding hydrogens is 364 g/mol.